The largest absolute Gasteiger partial charge is 0.492 e. The molecule has 25 heavy (non-hydrogen) atoms. The number of methoxy groups -OCH3 is 1. The monoisotopic (exact) mass is 337 g/mol. The van der Waals surface area contributed by atoms with E-state index in [2.05, 4.69) is 10.3 Å². The first-order valence-electron chi connectivity index (χ1n) is 8.28. The van der Waals surface area contributed by atoms with Crippen molar-refractivity contribution in [3.63, 3.8) is 0 Å². The fourth-order valence-corrected chi connectivity index (χ4v) is 3.14. The maximum absolute atomic E-state index is 12.8. The van der Waals surface area contributed by atoms with Crippen molar-refractivity contribution in [1.82, 2.24) is 9.55 Å². The Kier molecular flexibility index (Phi) is 4.11. The summed E-state index contributed by atoms with van der Waals surface area (Å²) in [5.41, 5.74) is 3.41. The molecule has 0 bridgehead atoms. The van der Waals surface area contributed by atoms with Gasteiger partial charge in [0.2, 0.25) is 5.95 Å². The Hall–Kier alpha value is -2.86. The van der Waals surface area contributed by atoms with Crippen LogP contribution in [0.1, 0.15) is 15.9 Å². The molecule has 128 valence electrons. The Bertz CT molecular complexity index is 933. The van der Waals surface area contributed by atoms with Gasteiger partial charge in [0.1, 0.15) is 5.75 Å². The third-order valence-electron chi connectivity index (χ3n) is 4.36. The van der Waals surface area contributed by atoms with Gasteiger partial charge in [-0.1, -0.05) is 24.3 Å². The van der Waals surface area contributed by atoms with E-state index in [1.165, 1.54) is 0 Å². The number of aromatic nitrogens is 2. The van der Waals surface area contributed by atoms with Gasteiger partial charge in [-0.25, -0.2) is 4.98 Å². The molecule has 4 rings (SSSR count). The van der Waals surface area contributed by atoms with Gasteiger partial charge < -0.3 is 14.0 Å². The van der Waals surface area contributed by atoms with E-state index in [0.717, 1.165) is 23.0 Å². The van der Waals surface area contributed by atoms with Gasteiger partial charge in [-0.15, -0.1) is 0 Å². The minimum Gasteiger partial charge on any atom is -0.492 e. The van der Waals surface area contributed by atoms with Crippen molar-refractivity contribution in [3.8, 4) is 5.75 Å². The molecule has 6 heteroatoms. The van der Waals surface area contributed by atoms with Crippen LogP contribution < -0.4 is 10.1 Å². The molecule has 0 atom stereocenters. The van der Waals surface area contributed by atoms with E-state index in [1.807, 2.05) is 41.0 Å². The lowest BCUT2D eigenvalue weighted by Crippen LogP contribution is -2.17. The molecule has 0 aliphatic carbocycles. The lowest BCUT2D eigenvalue weighted by atomic mass is 10.1. The van der Waals surface area contributed by atoms with Crippen molar-refractivity contribution in [1.29, 1.82) is 0 Å². The number of amides is 1. The highest BCUT2D eigenvalue weighted by molar-refractivity contribution is 6.06. The van der Waals surface area contributed by atoms with Crippen molar-refractivity contribution in [3.05, 3.63) is 53.6 Å². The standard InChI is InChI=1S/C19H19N3O3/c1-24-12-10-22-16-8-3-2-7-15(16)20-19(22)21-18(23)14-6-4-5-13-9-11-25-17(13)14/h2-8H,9-12H2,1H3,(H,20,21,23). The molecule has 0 unspecified atom stereocenters. The molecule has 1 amide bonds. The third kappa shape index (κ3) is 2.85. The minimum atomic E-state index is -0.215. The van der Waals surface area contributed by atoms with Crippen LogP contribution in [0.25, 0.3) is 11.0 Å². The molecule has 0 radical (unpaired) electrons. The van der Waals surface area contributed by atoms with E-state index in [-0.39, 0.29) is 5.91 Å². The van der Waals surface area contributed by atoms with Crippen LogP contribution >= 0.6 is 0 Å². The summed E-state index contributed by atoms with van der Waals surface area (Å²) in [4.78, 5) is 17.4. The Labute approximate surface area is 145 Å². The maximum atomic E-state index is 12.8. The van der Waals surface area contributed by atoms with Gasteiger partial charge in [-0.05, 0) is 23.8 Å². The predicted molar refractivity (Wildman–Crippen MR) is 95.2 cm³/mol. The molecule has 0 saturated carbocycles. The number of rotatable bonds is 5. The Morgan fingerprint density at radius 2 is 2.16 bits per heavy atom. The van der Waals surface area contributed by atoms with Crippen LogP contribution in [0.2, 0.25) is 0 Å². The fraction of sp³-hybridized carbons (Fsp3) is 0.263. The number of carbonyl (C=O) groups excluding carboxylic acids is 1. The van der Waals surface area contributed by atoms with Gasteiger partial charge in [0.15, 0.2) is 0 Å². The van der Waals surface area contributed by atoms with Crippen LogP contribution in [-0.2, 0) is 17.7 Å². The molecule has 1 N–H and O–H groups in total. The van der Waals surface area contributed by atoms with E-state index < -0.39 is 0 Å². The second-order valence-electron chi connectivity index (χ2n) is 5.91. The molecule has 0 fully saturated rings. The molecule has 2 aromatic carbocycles. The molecule has 1 aromatic heterocycles. The Morgan fingerprint density at radius 1 is 1.28 bits per heavy atom. The molecular weight excluding hydrogens is 318 g/mol. The summed E-state index contributed by atoms with van der Waals surface area (Å²) in [6, 6.07) is 13.5. The first-order chi connectivity index (χ1) is 12.3. The van der Waals surface area contributed by atoms with Gasteiger partial charge in [0.25, 0.3) is 5.91 Å². The number of benzene rings is 2. The summed E-state index contributed by atoms with van der Waals surface area (Å²) < 4.78 is 12.8. The Morgan fingerprint density at radius 3 is 3.04 bits per heavy atom. The van der Waals surface area contributed by atoms with Crippen molar-refractivity contribution in [2.24, 2.45) is 0 Å². The first-order valence-corrected chi connectivity index (χ1v) is 8.28. The van der Waals surface area contributed by atoms with Crippen molar-refractivity contribution in [2.75, 3.05) is 25.6 Å². The van der Waals surface area contributed by atoms with Gasteiger partial charge in [-0.3, -0.25) is 10.1 Å². The summed E-state index contributed by atoms with van der Waals surface area (Å²) in [6.07, 6.45) is 0.836. The SMILES string of the molecule is COCCn1c(NC(=O)c2cccc3c2OCC3)nc2ccccc21. The summed E-state index contributed by atoms with van der Waals surface area (Å²) >= 11 is 0. The zero-order chi connectivity index (χ0) is 17.2. The number of imidazole rings is 1. The molecule has 1 aliphatic heterocycles. The number of carbonyl (C=O) groups is 1. The van der Waals surface area contributed by atoms with E-state index in [4.69, 9.17) is 9.47 Å². The smallest absolute Gasteiger partial charge is 0.261 e. The summed E-state index contributed by atoms with van der Waals surface area (Å²) in [5, 5.41) is 2.93. The van der Waals surface area contributed by atoms with E-state index >= 15 is 0 Å². The molecule has 2 heterocycles. The molecule has 3 aromatic rings. The fourth-order valence-electron chi connectivity index (χ4n) is 3.14. The quantitative estimate of drug-likeness (QED) is 0.777. The number of hydrogen-bond acceptors (Lipinski definition) is 4. The van der Waals surface area contributed by atoms with Crippen molar-refractivity contribution in [2.45, 2.75) is 13.0 Å². The zero-order valence-corrected chi connectivity index (χ0v) is 14.0. The second kappa shape index (κ2) is 6.57. The lowest BCUT2D eigenvalue weighted by molar-refractivity contribution is 0.102. The van der Waals surface area contributed by atoms with Crippen molar-refractivity contribution >= 4 is 22.9 Å². The number of para-hydroxylation sites is 3. The molecule has 0 spiro atoms. The van der Waals surface area contributed by atoms with E-state index in [9.17, 15) is 4.79 Å². The molecule has 6 nitrogen and oxygen atoms in total. The number of nitrogens with one attached hydrogen (secondary N) is 1. The molecule has 0 saturated heterocycles. The first kappa shape index (κ1) is 15.7. The number of ether oxygens (including phenoxy) is 2. The third-order valence-corrected chi connectivity index (χ3v) is 4.36. The summed E-state index contributed by atoms with van der Waals surface area (Å²) in [5.74, 6) is 0.978. The predicted octanol–water partition coefficient (Wildman–Crippen LogP) is 2.87. The van der Waals surface area contributed by atoms with Crippen LogP contribution in [0.3, 0.4) is 0 Å². The maximum Gasteiger partial charge on any atom is 0.261 e. The van der Waals surface area contributed by atoms with Gasteiger partial charge in [0.05, 0.1) is 29.8 Å². The average molecular weight is 337 g/mol. The minimum absolute atomic E-state index is 0.215. The van der Waals surface area contributed by atoms with Crippen molar-refractivity contribution < 1.29 is 14.3 Å². The van der Waals surface area contributed by atoms with Crippen LogP contribution in [0.15, 0.2) is 42.5 Å². The van der Waals surface area contributed by atoms with Crippen LogP contribution in [0, 0.1) is 0 Å². The highest BCUT2D eigenvalue weighted by Crippen LogP contribution is 2.30. The summed E-state index contributed by atoms with van der Waals surface area (Å²) in [7, 11) is 1.65. The Balaban J connectivity index is 1.68. The number of anilines is 1. The average Bonchev–Trinajstić information content (AvgIpc) is 3.24. The van der Waals surface area contributed by atoms with Gasteiger partial charge in [0, 0.05) is 20.1 Å². The topological polar surface area (TPSA) is 65.4 Å². The van der Waals surface area contributed by atoms with Crippen LogP contribution in [0.4, 0.5) is 5.95 Å². The number of nitrogens with zero attached hydrogens (tertiary/aromatic N) is 2. The van der Waals surface area contributed by atoms with Gasteiger partial charge in [-0.2, -0.15) is 0 Å². The zero-order valence-electron chi connectivity index (χ0n) is 14.0. The normalized spacial score (nSPS) is 12.8. The highest BCUT2D eigenvalue weighted by Gasteiger charge is 2.22. The van der Waals surface area contributed by atoms with Crippen LogP contribution in [0.5, 0.6) is 5.75 Å². The highest BCUT2D eigenvalue weighted by atomic mass is 16.5. The number of hydrogen-bond donors (Lipinski definition) is 1. The molecular formula is C19H19N3O3. The van der Waals surface area contributed by atoms with E-state index in [1.54, 1.807) is 13.2 Å². The van der Waals surface area contributed by atoms with Crippen LogP contribution in [-0.4, -0.2) is 35.8 Å². The molecule has 1 aliphatic rings. The lowest BCUT2D eigenvalue weighted by Gasteiger charge is -2.11. The summed E-state index contributed by atoms with van der Waals surface area (Å²) in [6.45, 7) is 1.76. The van der Waals surface area contributed by atoms with E-state index in [0.29, 0.717) is 37.0 Å². The second-order valence-corrected chi connectivity index (χ2v) is 5.91. The van der Waals surface area contributed by atoms with Gasteiger partial charge >= 0.3 is 0 Å². The number of fused-ring (bicyclic) bond motifs is 2.